The lowest BCUT2D eigenvalue weighted by molar-refractivity contribution is -0.148. The summed E-state index contributed by atoms with van der Waals surface area (Å²) in [5.74, 6) is -0.109. The minimum Gasteiger partial charge on any atom is -0.393 e. The number of ether oxygens (including phenoxy) is 2. The molecule has 106 valence electrons. The van der Waals surface area contributed by atoms with Crippen molar-refractivity contribution in [3.63, 3.8) is 0 Å². The highest BCUT2D eigenvalue weighted by molar-refractivity contribution is 4.92. The first-order chi connectivity index (χ1) is 8.40. The Bertz CT molecular complexity index is 274. The van der Waals surface area contributed by atoms with Crippen LogP contribution in [0.1, 0.15) is 32.1 Å². The Morgan fingerprint density at radius 2 is 2.11 bits per heavy atom. The van der Waals surface area contributed by atoms with Gasteiger partial charge in [0.25, 0.3) is 0 Å². The summed E-state index contributed by atoms with van der Waals surface area (Å²) in [5, 5.41) is 9.88. The van der Waals surface area contributed by atoms with Gasteiger partial charge in [0, 0.05) is 26.1 Å². The molecule has 3 atom stereocenters. The molecule has 0 aromatic heterocycles. The van der Waals surface area contributed by atoms with E-state index in [-0.39, 0.29) is 17.9 Å². The van der Waals surface area contributed by atoms with Crippen molar-refractivity contribution in [2.24, 2.45) is 5.92 Å². The maximum atomic E-state index is 12.1. The molecule has 1 spiro atoms. The van der Waals surface area contributed by atoms with E-state index in [1.165, 1.54) is 0 Å². The summed E-state index contributed by atoms with van der Waals surface area (Å²) < 4.78 is 47.4. The Balaban J connectivity index is 1.84. The van der Waals surface area contributed by atoms with Crippen LogP contribution in [-0.4, -0.2) is 42.8 Å². The average Bonchev–Trinajstić information content (AvgIpc) is 2.73. The highest BCUT2D eigenvalue weighted by Gasteiger charge is 2.43. The normalized spacial score (nSPS) is 35.0. The Kier molecular flexibility index (Phi) is 4.18. The minimum atomic E-state index is -4.19. The van der Waals surface area contributed by atoms with Crippen molar-refractivity contribution in [1.82, 2.24) is 0 Å². The fourth-order valence-electron chi connectivity index (χ4n) is 2.80. The second kappa shape index (κ2) is 5.35. The minimum absolute atomic E-state index is 0.109. The summed E-state index contributed by atoms with van der Waals surface area (Å²) in [6.45, 7) is 1.62. The maximum absolute atomic E-state index is 12.1. The number of hydrogen-bond donors (Lipinski definition) is 1. The summed E-state index contributed by atoms with van der Waals surface area (Å²) in [4.78, 5) is 0. The molecule has 6 heteroatoms. The molecule has 0 saturated carbocycles. The molecular formula is C12H19F3O3. The third kappa shape index (κ3) is 3.59. The van der Waals surface area contributed by atoms with Gasteiger partial charge in [-0.15, -0.1) is 0 Å². The topological polar surface area (TPSA) is 38.7 Å². The molecule has 3 unspecified atom stereocenters. The molecule has 2 aliphatic rings. The van der Waals surface area contributed by atoms with Gasteiger partial charge in [-0.2, -0.15) is 13.2 Å². The van der Waals surface area contributed by atoms with E-state index < -0.39 is 18.7 Å². The van der Waals surface area contributed by atoms with E-state index in [0.29, 0.717) is 32.7 Å². The predicted octanol–water partition coefficient (Wildman–Crippen LogP) is 2.28. The molecule has 2 heterocycles. The maximum Gasteiger partial charge on any atom is 0.389 e. The van der Waals surface area contributed by atoms with Crippen LogP contribution in [0.2, 0.25) is 0 Å². The third-order valence-corrected chi connectivity index (χ3v) is 3.87. The van der Waals surface area contributed by atoms with Crippen LogP contribution in [0.5, 0.6) is 0 Å². The second-order valence-electron chi connectivity index (χ2n) is 5.31. The number of alkyl halides is 3. The first kappa shape index (κ1) is 14.1. The molecule has 18 heavy (non-hydrogen) atoms. The van der Waals surface area contributed by atoms with Crippen LogP contribution < -0.4 is 0 Å². The molecule has 2 rings (SSSR count). The van der Waals surface area contributed by atoms with Crippen molar-refractivity contribution >= 4 is 0 Å². The average molecular weight is 268 g/mol. The summed E-state index contributed by atoms with van der Waals surface area (Å²) in [5.41, 5.74) is -0.359. The largest absolute Gasteiger partial charge is 0.393 e. The number of rotatable bonds is 3. The zero-order valence-electron chi connectivity index (χ0n) is 10.2. The van der Waals surface area contributed by atoms with Crippen molar-refractivity contribution in [3.8, 4) is 0 Å². The fraction of sp³-hybridized carbons (Fsp3) is 1.00. The third-order valence-electron chi connectivity index (χ3n) is 3.87. The highest BCUT2D eigenvalue weighted by Crippen LogP contribution is 2.38. The quantitative estimate of drug-likeness (QED) is 0.853. The molecule has 2 fully saturated rings. The lowest BCUT2D eigenvalue weighted by atomic mass is 9.81. The first-order valence-electron chi connectivity index (χ1n) is 6.37. The van der Waals surface area contributed by atoms with E-state index in [2.05, 4.69) is 0 Å². The van der Waals surface area contributed by atoms with E-state index in [1.807, 2.05) is 0 Å². The molecule has 0 aliphatic carbocycles. The number of aliphatic hydroxyl groups excluding tert-OH is 1. The van der Waals surface area contributed by atoms with Gasteiger partial charge < -0.3 is 14.6 Å². The monoisotopic (exact) mass is 268 g/mol. The van der Waals surface area contributed by atoms with Gasteiger partial charge in [-0.3, -0.25) is 0 Å². The molecule has 0 bridgehead atoms. The molecule has 2 saturated heterocycles. The van der Waals surface area contributed by atoms with Crippen LogP contribution in [0.15, 0.2) is 0 Å². The number of hydrogen-bond acceptors (Lipinski definition) is 3. The summed E-state index contributed by atoms with van der Waals surface area (Å²) >= 11 is 0. The number of aliphatic hydroxyl groups is 1. The van der Waals surface area contributed by atoms with Gasteiger partial charge in [0.15, 0.2) is 0 Å². The van der Waals surface area contributed by atoms with Crippen LogP contribution in [-0.2, 0) is 9.47 Å². The van der Waals surface area contributed by atoms with E-state index in [4.69, 9.17) is 9.47 Å². The van der Waals surface area contributed by atoms with E-state index >= 15 is 0 Å². The van der Waals surface area contributed by atoms with Gasteiger partial charge in [0.2, 0.25) is 0 Å². The van der Waals surface area contributed by atoms with Gasteiger partial charge in [0.1, 0.15) is 0 Å². The highest BCUT2D eigenvalue weighted by atomic mass is 19.4. The molecule has 0 aromatic rings. The molecule has 3 nitrogen and oxygen atoms in total. The second-order valence-corrected chi connectivity index (χ2v) is 5.31. The Hall–Kier alpha value is -0.330. The summed E-state index contributed by atoms with van der Waals surface area (Å²) in [6.07, 6.45) is -4.23. The fourth-order valence-corrected chi connectivity index (χ4v) is 2.80. The molecule has 2 aliphatic heterocycles. The molecule has 1 N–H and O–H groups in total. The SMILES string of the molecule is OC(CCC(F)(F)F)C1CCOC2(CCOC2)C1. The van der Waals surface area contributed by atoms with Crippen molar-refractivity contribution in [1.29, 1.82) is 0 Å². The van der Waals surface area contributed by atoms with Crippen LogP contribution in [0, 0.1) is 5.92 Å². The lowest BCUT2D eigenvalue weighted by Crippen LogP contribution is -2.43. The van der Waals surface area contributed by atoms with Gasteiger partial charge in [-0.25, -0.2) is 0 Å². The van der Waals surface area contributed by atoms with Crippen molar-refractivity contribution in [2.45, 2.75) is 50.0 Å². The summed E-state index contributed by atoms with van der Waals surface area (Å²) in [6, 6.07) is 0. The van der Waals surface area contributed by atoms with Gasteiger partial charge in [-0.1, -0.05) is 0 Å². The van der Waals surface area contributed by atoms with E-state index in [9.17, 15) is 18.3 Å². The van der Waals surface area contributed by atoms with Crippen LogP contribution >= 0.6 is 0 Å². The van der Waals surface area contributed by atoms with Crippen molar-refractivity contribution in [2.75, 3.05) is 19.8 Å². The number of halogens is 3. The van der Waals surface area contributed by atoms with E-state index in [1.54, 1.807) is 0 Å². The summed E-state index contributed by atoms with van der Waals surface area (Å²) in [7, 11) is 0. The Labute approximate surface area is 104 Å². The zero-order valence-corrected chi connectivity index (χ0v) is 10.2. The first-order valence-corrected chi connectivity index (χ1v) is 6.37. The molecule has 0 amide bonds. The molecule has 0 aromatic carbocycles. The molecule has 0 radical (unpaired) electrons. The Morgan fingerprint density at radius 3 is 2.72 bits per heavy atom. The van der Waals surface area contributed by atoms with Gasteiger partial charge in [-0.05, 0) is 25.2 Å². The van der Waals surface area contributed by atoms with Gasteiger partial charge in [0.05, 0.1) is 18.3 Å². The van der Waals surface area contributed by atoms with Crippen molar-refractivity contribution < 1.29 is 27.8 Å². The van der Waals surface area contributed by atoms with Gasteiger partial charge >= 0.3 is 6.18 Å². The van der Waals surface area contributed by atoms with E-state index in [0.717, 1.165) is 6.42 Å². The van der Waals surface area contributed by atoms with Crippen LogP contribution in [0.3, 0.4) is 0 Å². The zero-order chi connectivity index (χ0) is 13.2. The standard InChI is InChI=1S/C12H19F3O3/c13-12(14,15)3-1-10(16)9-2-5-18-11(7-9)4-6-17-8-11/h9-10,16H,1-8H2. The Morgan fingerprint density at radius 1 is 1.33 bits per heavy atom. The smallest absolute Gasteiger partial charge is 0.389 e. The lowest BCUT2D eigenvalue weighted by Gasteiger charge is -2.39. The van der Waals surface area contributed by atoms with Crippen LogP contribution in [0.25, 0.3) is 0 Å². The predicted molar refractivity (Wildman–Crippen MR) is 58.1 cm³/mol. The van der Waals surface area contributed by atoms with Crippen LogP contribution in [0.4, 0.5) is 13.2 Å². The molecular weight excluding hydrogens is 249 g/mol. The van der Waals surface area contributed by atoms with Crippen molar-refractivity contribution in [3.05, 3.63) is 0 Å².